The Morgan fingerprint density at radius 3 is 1.14 bits per heavy atom. The summed E-state index contributed by atoms with van der Waals surface area (Å²) in [5, 5.41) is 0. The number of hydrogen-bond acceptors (Lipinski definition) is 2. The quantitative estimate of drug-likeness (QED) is 0.663. The second kappa shape index (κ2) is 3.82. The van der Waals surface area contributed by atoms with Crippen LogP contribution in [0.1, 0.15) is 25.7 Å². The van der Waals surface area contributed by atoms with Crippen molar-refractivity contribution in [2.24, 2.45) is 11.8 Å². The highest BCUT2D eigenvalue weighted by molar-refractivity contribution is 4.96. The van der Waals surface area contributed by atoms with Gasteiger partial charge in [-0.2, -0.15) is 0 Å². The van der Waals surface area contributed by atoms with Gasteiger partial charge in [-0.1, -0.05) is 0 Å². The largest absolute Gasteiger partial charge is 0.306 e. The fourth-order valence-electron chi connectivity index (χ4n) is 3.40. The predicted molar refractivity (Wildman–Crippen MR) is 60.4 cm³/mol. The molecule has 0 aromatic heterocycles. The lowest BCUT2D eigenvalue weighted by Gasteiger charge is -2.23. The van der Waals surface area contributed by atoms with E-state index in [-0.39, 0.29) is 0 Å². The van der Waals surface area contributed by atoms with E-state index in [4.69, 9.17) is 0 Å². The third-order valence-electron chi connectivity index (χ3n) is 4.43. The molecule has 2 aliphatic carbocycles. The van der Waals surface area contributed by atoms with Crippen LogP contribution in [0.3, 0.4) is 0 Å². The van der Waals surface area contributed by atoms with E-state index < -0.39 is 0 Å². The first-order chi connectivity index (χ1) is 6.58. The molecule has 0 heterocycles. The zero-order valence-corrected chi connectivity index (χ0v) is 10.0. The van der Waals surface area contributed by atoms with Crippen LogP contribution in [0.15, 0.2) is 0 Å². The number of fused-ring (bicyclic) bond motifs is 1. The third kappa shape index (κ3) is 1.82. The van der Waals surface area contributed by atoms with Gasteiger partial charge >= 0.3 is 0 Å². The van der Waals surface area contributed by atoms with Gasteiger partial charge in [0.25, 0.3) is 0 Å². The molecule has 2 nitrogen and oxygen atoms in total. The van der Waals surface area contributed by atoms with Crippen LogP contribution in [0.5, 0.6) is 0 Å². The summed E-state index contributed by atoms with van der Waals surface area (Å²) in [6.45, 7) is 0. The third-order valence-corrected chi connectivity index (χ3v) is 4.43. The summed E-state index contributed by atoms with van der Waals surface area (Å²) in [5.74, 6) is 2.05. The van der Waals surface area contributed by atoms with Gasteiger partial charge in [0.15, 0.2) is 0 Å². The van der Waals surface area contributed by atoms with E-state index >= 15 is 0 Å². The van der Waals surface area contributed by atoms with Gasteiger partial charge in [0.2, 0.25) is 0 Å². The summed E-state index contributed by atoms with van der Waals surface area (Å²) >= 11 is 0. The van der Waals surface area contributed by atoms with Crippen molar-refractivity contribution < 1.29 is 0 Å². The Kier molecular flexibility index (Phi) is 2.85. The predicted octanol–water partition coefficient (Wildman–Crippen LogP) is 1.67. The summed E-state index contributed by atoms with van der Waals surface area (Å²) < 4.78 is 0. The molecule has 0 radical (unpaired) electrons. The van der Waals surface area contributed by atoms with Crippen LogP contribution in [-0.4, -0.2) is 50.1 Å². The van der Waals surface area contributed by atoms with Gasteiger partial charge in [-0.15, -0.1) is 0 Å². The SMILES string of the molecule is CN(C)C1CC2CC(N(C)C)CC2C1. The standard InChI is InChI=1S/C12H24N2/c1-13(2)11-5-9-7-12(14(3)4)8-10(9)6-11/h9-12H,5-8H2,1-4H3. The van der Waals surface area contributed by atoms with Crippen LogP contribution in [0.2, 0.25) is 0 Å². The lowest BCUT2D eigenvalue weighted by molar-refractivity contribution is 0.247. The smallest absolute Gasteiger partial charge is 0.00946 e. The van der Waals surface area contributed by atoms with E-state index in [1.54, 1.807) is 0 Å². The molecule has 2 aliphatic rings. The zero-order chi connectivity index (χ0) is 10.3. The van der Waals surface area contributed by atoms with Crippen molar-refractivity contribution in [3.8, 4) is 0 Å². The van der Waals surface area contributed by atoms with E-state index in [1.807, 2.05) is 0 Å². The van der Waals surface area contributed by atoms with Crippen molar-refractivity contribution in [1.82, 2.24) is 9.80 Å². The Balaban J connectivity index is 1.90. The molecular weight excluding hydrogens is 172 g/mol. The Bertz CT molecular complexity index is 166. The van der Waals surface area contributed by atoms with E-state index in [2.05, 4.69) is 38.0 Å². The van der Waals surface area contributed by atoms with E-state index in [0.717, 1.165) is 23.9 Å². The average Bonchev–Trinajstić information content (AvgIpc) is 2.57. The van der Waals surface area contributed by atoms with Gasteiger partial charge in [-0.25, -0.2) is 0 Å². The minimum atomic E-state index is 0.869. The van der Waals surface area contributed by atoms with Crippen LogP contribution in [-0.2, 0) is 0 Å². The summed E-state index contributed by atoms with van der Waals surface area (Å²) in [5.41, 5.74) is 0. The van der Waals surface area contributed by atoms with Crippen molar-refractivity contribution in [1.29, 1.82) is 0 Å². The maximum atomic E-state index is 2.42. The molecule has 0 bridgehead atoms. The van der Waals surface area contributed by atoms with Gasteiger partial charge in [-0.3, -0.25) is 0 Å². The van der Waals surface area contributed by atoms with Gasteiger partial charge in [0, 0.05) is 12.1 Å². The van der Waals surface area contributed by atoms with Crippen LogP contribution < -0.4 is 0 Å². The maximum Gasteiger partial charge on any atom is 0.00946 e. The second-order valence-electron chi connectivity index (χ2n) is 5.70. The Labute approximate surface area is 88.3 Å². The first kappa shape index (κ1) is 10.4. The second-order valence-corrected chi connectivity index (χ2v) is 5.70. The molecule has 2 saturated carbocycles. The first-order valence-corrected chi connectivity index (χ1v) is 5.90. The molecule has 2 fully saturated rings. The highest BCUT2D eigenvalue weighted by Gasteiger charge is 2.42. The topological polar surface area (TPSA) is 6.48 Å². The van der Waals surface area contributed by atoms with E-state index in [9.17, 15) is 0 Å². The van der Waals surface area contributed by atoms with Gasteiger partial charge < -0.3 is 9.80 Å². The number of rotatable bonds is 2. The Morgan fingerprint density at radius 2 is 0.929 bits per heavy atom. The molecule has 0 spiro atoms. The lowest BCUT2D eigenvalue weighted by Crippen LogP contribution is -2.29. The van der Waals surface area contributed by atoms with Gasteiger partial charge in [0.1, 0.15) is 0 Å². The molecular formula is C12H24N2. The molecule has 0 amide bonds. The molecule has 0 N–H and O–H groups in total. The first-order valence-electron chi connectivity index (χ1n) is 5.90. The Morgan fingerprint density at radius 1 is 0.643 bits per heavy atom. The lowest BCUT2D eigenvalue weighted by atomic mass is 10.0. The number of nitrogens with zero attached hydrogens (tertiary/aromatic N) is 2. The van der Waals surface area contributed by atoms with Crippen molar-refractivity contribution in [3.63, 3.8) is 0 Å². The van der Waals surface area contributed by atoms with Crippen LogP contribution >= 0.6 is 0 Å². The fourth-order valence-corrected chi connectivity index (χ4v) is 3.40. The summed E-state index contributed by atoms with van der Waals surface area (Å²) in [6, 6.07) is 1.74. The monoisotopic (exact) mass is 196 g/mol. The highest BCUT2D eigenvalue weighted by Crippen LogP contribution is 2.46. The minimum Gasteiger partial charge on any atom is -0.306 e. The number of hydrogen-bond donors (Lipinski definition) is 0. The highest BCUT2D eigenvalue weighted by atomic mass is 15.1. The molecule has 0 unspecified atom stereocenters. The molecule has 14 heavy (non-hydrogen) atoms. The van der Waals surface area contributed by atoms with Crippen molar-refractivity contribution >= 4 is 0 Å². The molecule has 0 aromatic rings. The van der Waals surface area contributed by atoms with E-state index in [1.165, 1.54) is 25.7 Å². The van der Waals surface area contributed by atoms with Crippen LogP contribution in [0.25, 0.3) is 0 Å². The van der Waals surface area contributed by atoms with Gasteiger partial charge in [-0.05, 0) is 65.7 Å². The van der Waals surface area contributed by atoms with E-state index in [0.29, 0.717) is 0 Å². The normalized spacial score (nSPS) is 42.4. The average molecular weight is 196 g/mol. The molecule has 2 rings (SSSR count). The summed E-state index contributed by atoms with van der Waals surface area (Å²) in [6.07, 6.45) is 5.79. The molecule has 0 atom stereocenters. The van der Waals surface area contributed by atoms with Crippen molar-refractivity contribution in [2.45, 2.75) is 37.8 Å². The molecule has 0 aromatic carbocycles. The van der Waals surface area contributed by atoms with Gasteiger partial charge in [0.05, 0.1) is 0 Å². The molecule has 0 saturated heterocycles. The van der Waals surface area contributed by atoms with Crippen molar-refractivity contribution in [3.05, 3.63) is 0 Å². The summed E-state index contributed by atoms with van der Waals surface area (Å²) in [7, 11) is 8.93. The van der Waals surface area contributed by atoms with Crippen LogP contribution in [0.4, 0.5) is 0 Å². The van der Waals surface area contributed by atoms with Crippen LogP contribution in [0, 0.1) is 11.8 Å². The zero-order valence-electron chi connectivity index (χ0n) is 10.0. The molecule has 0 aliphatic heterocycles. The fraction of sp³-hybridized carbons (Fsp3) is 1.00. The minimum absolute atomic E-state index is 0.869. The maximum absolute atomic E-state index is 2.42. The summed E-state index contributed by atoms with van der Waals surface area (Å²) in [4.78, 5) is 4.84. The molecule has 2 heteroatoms. The Hall–Kier alpha value is -0.0800. The molecule has 82 valence electrons. The van der Waals surface area contributed by atoms with Crippen molar-refractivity contribution in [2.75, 3.05) is 28.2 Å².